The molecule has 0 spiro atoms. The predicted octanol–water partition coefficient (Wildman–Crippen LogP) is 2.96. The summed E-state index contributed by atoms with van der Waals surface area (Å²) in [5.41, 5.74) is 1.47. The summed E-state index contributed by atoms with van der Waals surface area (Å²) in [6.45, 7) is 3.92. The number of nitrogens with zero attached hydrogens (tertiary/aromatic N) is 2. The van der Waals surface area contributed by atoms with Crippen LogP contribution in [0.1, 0.15) is 35.9 Å². The van der Waals surface area contributed by atoms with Crippen molar-refractivity contribution < 1.29 is 17.3 Å². The standard InChI is InChI=1S/C15H17FN2O3S/c1-10-15(11(2)21-17-10)13-7-5-9-18(13)22(19,20)14-8-4-3-6-12(14)16/h3-4,6,8,13H,5,7,9H2,1-2H3/t13-/m0/s1. The number of halogens is 1. The highest BCUT2D eigenvalue weighted by molar-refractivity contribution is 7.89. The topological polar surface area (TPSA) is 63.4 Å². The third-order valence-electron chi connectivity index (χ3n) is 4.05. The molecule has 1 aliphatic heterocycles. The number of aromatic nitrogens is 1. The summed E-state index contributed by atoms with van der Waals surface area (Å²) in [6.07, 6.45) is 1.40. The SMILES string of the molecule is Cc1noc(C)c1[C@@H]1CCCN1S(=O)(=O)c1ccccc1F. The van der Waals surface area contributed by atoms with Crippen LogP contribution in [-0.2, 0) is 10.0 Å². The zero-order valence-corrected chi connectivity index (χ0v) is 13.2. The number of hydrogen-bond donors (Lipinski definition) is 0. The van der Waals surface area contributed by atoms with Crippen molar-refractivity contribution in [2.24, 2.45) is 0 Å². The van der Waals surface area contributed by atoms with E-state index >= 15 is 0 Å². The summed E-state index contributed by atoms with van der Waals surface area (Å²) in [6, 6.07) is 5.11. The first-order chi connectivity index (χ1) is 10.4. The molecule has 0 aliphatic carbocycles. The molecule has 0 N–H and O–H groups in total. The Morgan fingerprint density at radius 1 is 1.32 bits per heavy atom. The maximum Gasteiger partial charge on any atom is 0.246 e. The van der Waals surface area contributed by atoms with Crippen molar-refractivity contribution >= 4 is 10.0 Å². The van der Waals surface area contributed by atoms with Crippen LogP contribution in [0.4, 0.5) is 4.39 Å². The van der Waals surface area contributed by atoms with Gasteiger partial charge in [0.05, 0.1) is 11.7 Å². The van der Waals surface area contributed by atoms with Crippen LogP contribution in [0.15, 0.2) is 33.7 Å². The molecule has 2 aromatic rings. The van der Waals surface area contributed by atoms with Gasteiger partial charge < -0.3 is 4.52 Å². The Kier molecular flexibility index (Phi) is 3.78. The van der Waals surface area contributed by atoms with Crippen molar-refractivity contribution in [1.82, 2.24) is 9.46 Å². The van der Waals surface area contributed by atoms with Gasteiger partial charge in [0.25, 0.3) is 0 Å². The van der Waals surface area contributed by atoms with Crippen molar-refractivity contribution in [3.05, 3.63) is 47.1 Å². The van der Waals surface area contributed by atoms with Gasteiger partial charge in [0.15, 0.2) is 0 Å². The fraction of sp³-hybridized carbons (Fsp3) is 0.400. The monoisotopic (exact) mass is 324 g/mol. The molecular formula is C15H17FN2O3S. The molecule has 1 aliphatic rings. The second-order valence-corrected chi connectivity index (χ2v) is 7.30. The van der Waals surface area contributed by atoms with Gasteiger partial charge >= 0.3 is 0 Å². The molecule has 1 aromatic carbocycles. The Morgan fingerprint density at radius 3 is 2.68 bits per heavy atom. The minimum atomic E-state index is -3.89. The minimum Gasteiger partial charge on any atom is -0.361 e. The van der Waals surface area contributed by atoms with Crippen molar-refractivity contribution in [2.45, 2.75) is 37.6 Å². The molecule has 0 bridgehead atoms. The van der Waals surface area contributed by atoms with Crippen LogP contribution >= 0.6 is 0 Å². The highest BCUT2D eigenvalue weighted by Crippen LogP contribution is 2.39. The first-order valence-electron chi connectivity index (χ1n) is 7.12. The van der Waals surface area contributed by atoms with Gasteiger partial charge in [-0.1, -0.05) is 17.3 Å². The summed E-state index contributed by atoms with van der Waals surface area (Å²) in [7, 11) is -3.89. The van der Waals surface area contributed by atoms with E-state index in [0.29, 0.717) is 24.4 Å². The summed E-state index contributed by atoms with van der Waals surface area (Å²) >= 11 is 0. The van der Waals surface area contributed by atoms with Crippen LogP contribution in [-0.4, -0.2) is 24.4 Å². The lowest BCUT2D eigenvalue weighted by molar-refractivity contribution is 0.375. The maximum atomic E-state index is 13.9. The van der Waals surface area contributed by atoms with Gasteiger partial charge in [0.2, 0.25) is 10.0 Å². The highest BCUT2D eigenvalue weighted by atomic mass is 32.2. The zero-order chi connectivity index (χ0) is 15.9. The lowest BCUT2D eigenvalue weighted by Crippen LogP contribution is -2.31. The smallest absolute Gasteiger partial charge is 0.246 e. The number of hydrogen-bond acceptors (Lipinski definition) is 4. The Balaban J connectivity index is 2.06. The molecule has 22 heavy (non-hydrogen) atoms. The Bertz CT molecular complexity index is 781. The molecule has 5 nitrogen and oxygen atoms in total. The molecule has 3 rings (SSSR count). The van der Waals surface area contributed by atoms with E-state index < -0.39 is 15.8 Å². The third-order valence-corrected chi connectivity index (χ3v) is 5.99. The van der Waals surface area contributed by atoms with E-state index in [1.807, 2.05) is 0 Å². The van der Waals surface area contributed by atoms with Crippen LogP contribution in [0.3, 0.4) is 0 Å². The van der Waals surface area contributed by atoms with Gasteiger partial charge in [-0.25, -0.2) is 12.8 Å². The predicted molar refractivity (Wildman–Crippen MR) is 78.2 cm³/mol. The Labute approximate surface area is 128 Å². The molecule has 118 valence electrons. The van der Waals surface area contributed by atoms with Crippen molar-refractivity contribution in [1.29, 1.82) is 0 Å². The van der Waals surface area contributed by atoms with Crippen molar-refractivity contribution in [3.63, 3.8) is 0 Å². The summed E-state index contributed by atoms with van der Waals surface area (Å²) in [5.74, 6) is -0.120. The average Bonchev–Trinajstić information content (AvgIpc) is 3.06. The van der Waals surface area contributed by atoms with E-state index in [9.17, 15) is 12.8 Å². The molecule has 7 heteroatoms. The lowest BCUT2D eigenvalue weighted by Gasteiger charge is -2.24. The molecule has 0 saturated carbocycles. The fourth-order valence-electron chi connectivity index (χ4n) is 3.06. The van der Waals surface area contributed by atoms with E-state index in [1.54, 1.807) is 13.8 Å². The van der Waals surface area contributed by atoms with E-state index in [4.69, 9.17) is 4.52 Å². The molecule has 1 saturated heterocycles. The van der Waals surface area contributed by atoms with Crippen LogP contribution in [0.25, 0.3) is 0 Å². The Morgan fingerprint density at radius 2 is 2.05 bits per heavy atom. The second kappa shape index (κ2) is 5.48. The Hall–Kier alpha value is -1.73. The number of rotatable bonds is 3. The summed E-state index contributed by atoms with van der Waals surface area (Å²) < 4.78 is 46.1. The molecule has 0 radical (unpaired) electrons. The second-order valence-electron chi connectivity index (χ2n) is 5.44. The largest absolute Gasteiger partial charge is 0.361 e. The van der Waals surface area contributed by atoms with Gasteiger partial charge in [0.1, 0.15) is 16.5 Å². The van der Waals surface area contributed by atoms with E-state index in [2.05, 4.69) is 5.16 Å². The molecule has 1 aromatic heterocycles. The van der Waals surface area contributed by atoms with Crippen LogP contribution in [0.2, 0.25) is 0 Å². The van der Waals surface area contributed by atoms with Crippen molar-refractivity contribution in [3.8, 4) is 0 Å². The summed E-state index contributed by atoms with van der Waals surface area (Å²) in [5, 5.41) is 3.90. The first-order valence-corrected chi connectivity index (χ1v) is 8.56. The van der Waals surface area contributed by atoms with Crippen molar-refractivity contribution in [2.75, 3.05) is 6.54 Å². The maximum absolute atomic E-state index is 13.9. The fourth-order valence-corrected chi connectivity index (χ4v) is 4.80. The molecule has 0 amide bonds. The number of sulfonamides is 1. The van der Waals surface area contributed by atoms with E-state index in [1.165, 1.54) is 22.5 Å². The van der Waals surface area contributed by atoms with Gasteiger partial charge in [0, 0.05) is 12.1 Å². The van der Waals surface area contributed by atoms with Gasteiger partial charge in [-0.2, -0.15) is 4.31 Å². The lowest BCUT2D eigenvalue weighted by atomic mass is 10.0. The molecule has 1 atom stereocenters. The molecule has 2 heterocycles. The first kappa shape index (κ1) is 15.2. The van der Waals surface area contributed by atoms with Crippen LogP contribution in [0, 0.1) is 19.7 Å². The van der Waals surface area contributed by atoms with E-state index in [-0.39, 0.29) is 10.9 Å². The normalized spacial score (nSPS) is 19.7. The van der Waals surface area contributed by atoms with Gasteiger partial charge in [-0.05, 0) is 38.8 Å². The molecule has 1 fully saturated rings. The van der Waals surface area contributed by atoms with Crippen LogP contribution in [0.5, 0.6) is 0 Å². The zero-order valence-electron chi connectivity index (χ0n) is 12.4. The van der Waals surface area contributed by atoms with Gasteiger partial charge in [-0.3, -0.25) is 0 Å². The number of benzene rings is 1. The van der Waals surface area contributed by atoms with E-state index in [0.717, 1.165) is 18.1 Å². The highest BCUT2D eigenvalue weighted by Gasteiger charge is 2.39. The van der Waals surface area contributed by atoms with Gasteiger partial charge in [-0.15, -0.1) is 0 Å². The third kappa shape index (κ3) is 2.34. The van der Waals surface area contributed by atoms with Crippen LogP contribution < -0.4 is 0 Å². The summed E-state index contributed by atoms with van der Waals surface area (Å²) in [4.78, 5) is -0.284. The molecule has 0 unspecified atom stereocenters. The average molecular weight is 324 g/mol. The molecular weight excluding hydrogens is 307 g/mol. The number of aryl methyl sites for hydroxylation is 2. The minimum absolute atomic E-state index is 0.284. The quantitative estimate of drug-likeness (QED) is 0.871.